The summed E-state index contributed by atoms with van der Waals surface area (Å²) in [5, 5.41) is 8.94. The van der Waals surface area contributed by atoms with E-state index in [1.54, 1.807) is 44.2 Å². The van der Waals surface area contributed by atoms with E-state index in [1.807, 2.05) is 0 Å². The maximum atomic E-state index is 12.3. The second-order valence-electron chi connectivity index (χ2n) is 4.55. The van der Waals surface area contributed by atoms with Gasteiger partial charge in [-0.25, -0.2) is 12.7 Å². The van der Waals surface area contributed by atoms with Gasteiger partial charge in [0, 0.05) is 18.8 Å². The van der Waals surface area contributed by atoms with Gasteiger partial charge in [0.25, 0.3) is 0 Å². The topological polar surface area (TPSA) is 95.0 Å². The molecule has 0 bridgehead atoms. The van der Waals surface area contributed by atoms with Crippen LogP contribution in [0.25, 0.3) is 0 Å². The van der Waals surface area contributed by atoms with E-state index in [0.29, 0.717) is 5.69 Å². The first-order chi connectivity index (χ1) is 10.3. The minimum atomic E-state index is -3.76. The van der Waals surface area contributed by atoms with Gasteiger partial charge in [0.2, 0.25) is 15.9 Å². The SMILES string of the molecule is CCN(CC)S(=O)(=O)CC(=O)N(CC(=O)O)c1ccccc1. The number of carboxylic acids is 1. The van der Waals surface area contributed by atoms with E-state index >= 15 is 0 Å². The fourth-order valence-corrected chi connectivity index (χ4v) is 3.45. The lowest BCUT2D eigenvalue weighted by Gasteiger charge is -2.23. The van der Waals surface area contributed by atoms with Gasteiger partial charge < -0.3 is 10.0 Å². The number of sulfonamides is 1. The van der Waals surface area contributed by atoms with Crippen LogP contribution < -0.4 is 4.90 Å². The van der Waals surface area contributed by atoms with E-state index in [4.69, 9.17) is 5.11 Å². The minimum Gasteiger partial charge on any atom is -0.480 e. The van der Waals surface area contributed by atoms with Crippen molar-refractivity contribution in [2.24, 2.45) is 0 Å². The fraction of sp³-hybridized carbons (Fsp3) is 0.429. The van der Waals surface area contributed by atoms with E-state index in [9.17, 15) is 18.0 Å². The lowest BCUT2D eigenvalue weighted by molar-refractivity contribution is -0.136. The molecule has 1 aromatic carbocycles. The molecule has 1 aromatic rings. The van der Waals surface area contributed by atoms with Gasteiger partial charge in [-0.15, -0.1) is 0 Å². The Balaban J connectivity index is 3.01. The predicted octanol–water partition coefficient (Wildman–Crippen LogP) is 0.776. The third-order valence-electron chi connectivity index (χ3n) is 3.07. The predicted molar refractivity (Wildman–Crippen MR) is 83.1 cm³/mol. The van der Waals surface area contributed by atoms with Crippen LogP contribution in [0, 0.1) is 0 Å². The molecule has 122 valence electrons. The van der Waals surface area contributed by atoms with Crippen LogP contribution in [0.4, 0.5) is 5.69 Å². The molecule has 0 radical (unpaired) electrons. The molecule has 8 heteroatoms. The van der Waals surface area contributed by atoms with Gasteiger partial charge in [0.15, 0.2) is 0 Å². The number of aliphatic carboxylic acids is 1. The zero-order valence-corrected chi connectivity index (χ0v) is 13.4. The van der Waals surface area contributed by atoms with Gasteiger partial charge in [-0.3, -0.25) is 9.59 Å². The monoisotopic (exact) mass is 328 g/mol. The van der Waals surface area contributed by atoms with Crippen LogP contribution >= 0.6 is 0 Å². The van der Waals surface area contributed by atoms with Crippen molar-refractivity contribution < 1.29 is 23.1 Å². The summed E-state index contributed by atoms with van der Waals surface area (Å²) in [6, 6.07) is 8.14. The highest BCUT2D eigenvalue weighted by atomic mass is 32.2. The van der Waals surface area contributed by atoms with Gasteiger partial charge in [0.05, 0.1) is 0 Å². The Labute approximate surface area is 130 Å². The number of benzene rings is 1. The molecule has 0 unspecified atom stereocenters. The molecule has 0 aliphatic heterocycles. The summed E-state index contributed by atoms with van der Waals surface area (Å²) in [7, 11) is -3.76. The molecule has 0 aromatic heterocycles. The Bertz CT molecular complexity index is 611. The molecule has 0 aliphatic rings. The molecule has 0 saturated heterocycles. The molecule has 1 rings (SSSR count). The fourth-order valence-electron chi connectivity index (χ4n) is 2.01. The van der Waals surface area contributed by atoms with E-state index < -0.39 is 34.2 Å². The average molecular weight is 328 g/mol. The quantitative estimate of drug-likeness (QED) is 0.761. The second kappa shape index (κ2) is 7.90. The molecule has 7 nitrogen and oxygen atoms in total. The minimum absolute atomic E-state index is 0.260. The van der Waals surface area contributed by atoms with Crippen molar-refractivity contribution in [2.45, 2.75) is 13.8 Å². The van der Waals surface area contributed by atoms with Crippen LogP contribution in [0.3, 0.4) is 0 Å². The van der Waals surface area contributed by atoms with Gasteiger partial charge in [-0.2, -0.15) is 0 Å². The van der Waals surface area contributed by atoms with Crippen LogP contribution in [0.1, 0.15) is 13.8 Å². The van der Waals surface area contributed by atoms with E-state index in [-0.39, 0.29) is 13.1 Å². The molecule has 1 amide bonds. The molecule has 0 fully saturated rings. The Morgan fingerprint density at radius 2 is 1.64 bits per heavy atom. The highest BCUT2D eigenvalue weighted by Crippen LogP contribution is 2.14. The van der Waals surface area contributed by atoms with Crippen LogP contribution in [0.5, 0.6) is 0 Å². The maximum absolute atomic E-state index is 12.3. The van der Waals surface area contributed by atoms with Gasteiger partial charge in [0.1, 0.15) is 12.3 Å². The summed E-state index contributed by atoms with van der Waals surface area (Å²) >= 11 is 0. The molecule has 0 heterocycles. The number of carboxylic acid groups (broad SMARTS) is 1. The van der Waals surface area contributed by atoms with Gasteiger partial charge in [-0.05, 0) is 12.1 Å². The normalized spacial score (nSPS) is 11.4. The maximum Gasteiger partial charge on any atom is 0.323 e. The highest BCUT2D eigenvalue weighted by molar-refractivity contribution is 7.89. The van der Waals surface area contributed by atoms with Crippen molar-refractivity contribution in [1.82, 2.24) is 4.31 Å². The smallest absolute Gasteiger partial charge is 0.323 e. The summed E-state index contributed by atoms with van der Waals surface area (Å²) in [6.07, 6.45) is 0. The van der Waals surface area contributed by atoms with Crippen molar-refractivity contribution in [3.8, 4) is 0 Å². The van der Waals surface area contributed by atoms with E-state index in [2.05, 4.69) is 0 Å². The Hall–Kier alpha value is -1.93. The Kier molecular flexibility index (Phi) is 6.51. The molecule has 0 saturated carbocycles. The molecular weight excluding hydrogens is 308 g/mol. The number of para-hydroxylation sites is 1. The molecular formula is C14H20N2O5S. The number of rotatable bonds is 8. The van der Waals surface area contributed by atoms with Crippen molar-refractivity contribution in [1.29, 1.82) is 0 Å². The van der Waals surface area contributed by atoms with Crippen molar-refractivity contribution in [3.63, 3.8) is 0 Å². The number of hydrogen-bond donors (Lipinski definition) is 1. The van der Waals surface area contributed by atoms with E-state index in [1.165, 1.54) is 4.31 Å². The van der Waals surface area contributed by atoms with Gasteiger partial charge in [-0.1, -0.05) is 32.0 Å². The first-order valence-electron chi connectivity index (χ1n) is 6.86. The largest absolute Gasteiger partial charge is 0.480 e. The Morgan fingerprint density at radius 1 is 1.09 bits per heavy atom. The summed E-state index contributed by atoms with van der Waals surface area (Å²) in [5.41, 5.74) is 0.352. The van der Waals surface area contributed by atoms with E-state index in [0.717, 1.165) is 4.90 Å². The third kappa shape index (κ3) is 4.81. The summed E-state index contributed by atoms with van der Waals surface area (Å²) in [6.45, 7) is 3.29. The van der Waals surface area contributed by atoms with Crippen LogP contribution in [-0.2, 0) is 19.6 Å². The molecule has 0 aliphatic carbocycles. The first kappa shape index (κ1) is 18.1. The summed E-state index contributed by atoms with van der Waals surface area (Å²) in [4.78, 5) is 24.2. The summed E-state index contributed by atoms with van der Waals surface area (Å²) < 4.78 is 25.5. The van der Waals surface area contributed by atoms with Crippen LogP contribution in [0.2, 0.25) is 0 Å². The number of amides is 1. The number of hydrogen-bond acceptors (Lipinski definition) is 4. The lowest BCUT2D eigenvalue weighted by atomic mass is 10.3. The van der Waals surface area contributed by atoms with Gasteiger partial charge >= 0.3 is 5.97 Å². The lowest BCUT2D eigenvalue weighted by Crippen LogP contribution is -2.43. The third-order valence-corrected chi connectivity index (χ3v) is 4.98. The van der Waals surface area contributed by atoms with Crippen molar-refractivity contribution in [3.05, 3.63) is 30.3 Å². The number of carbonyl (C=O) groups is 2. The average Bonchev–Trinajstić information content (AvgIpc) is 2.45. The zero-order valence-electron chi connectivity index (χ0n) is 12.6. The molecule has 22 heavy (non-hydrogen) atoms. The number of anilines is 1. The molecule has 0 spiro atoms. The molecule has 0 atom stereocenters. The summed E-state index contributed by atoms with van der Waals surface area (Å²) in [5.74, 6) is -2.73. The first-order valence-corrected chi connectivity index (χ1v) is 8.47. The Morgan fingerprint density at radius 3 is 2.09 bits per heavy atom. The zero-order chi connectivity index (χ0) is 16.8. The van der Waals surface area contributed by atoms with Crippen LogP contribution in [-0.4, -0.2) is 55.1 Å². The number of carbonyl (C=O) groups excluding carboxylic acids is 1. The molecule has 1 N–H and O–H groups in total. The van der Waals surface area contributed by atoms with Crippen molar-refractivity contribution in [2.75, 3.05) is 30.3 Å². The van der Waals surface area contributed by atoms with Crippen molar-refractivity contribution >= 4 is 27.6 Å². The second-order valence-corrected chi connectivity index (χ2v) is 6.52. The standard InChI is InChI=1S/C14H20N2O5S/c1-3-15(4-2)22(20,21)11-13(17)16(10-14(18)19)12-8-6-5-7-9-12/h5-9H,3-4,10-11H2,1-2H3,(H,18,19). The highest BCUT2D eigenvalue weighted by Gasteiger charge is 2.27. The van der Waals surface area contributed by atoms with Crippen LogP contribution in [0.15, 0.2) is 30.3 Å². The number of nitrogens with zero attached hydrogens (tertiary/aromatic N) is 2.